The summed E-state index contributed by atoms with van der Waals surface area (Å²) in [6.07, 6.45) is 0.318. The fourth-order valence-electron chi connectivity index (χ4n) is 1.95. The van der Waals surface area contributed by atoms with Gasteiger partial charge in [0.2, 0.25) is 0 Å². The largest absolute Gasteiger partial charge is 0.476 e. The number of nitrogens with zero attached hydrogens (tertiary/aromatic N) is 3. The number of nitrogens with two attached hydrogens (primary N) is 1. The van der Waals surface area contributed by atoms with E-state index >= 15 is 0 Å². The third-order valence-electron chi connectivity index (χ3n) is 2.82. The van der Waals surface area contributed by atoms with Crippen molar-refractivity contribution >= 4 is 21.6 Å². The topological polar surface area (TPSA) is 139 Å². The predicted octanol–water partition coefficient (Wildman–Crippen LogP) is -0.605. The maximum Gasteiger partial charge on any atom is 0.357 e. The van der Waals surface area contributed by atoms with Crippen LogP contribution in [0.3, 0.4) is 0 Å². The lowest BCUT2D eigenvalue weighted by atomic mass is 10.2. The predicted molar refractivity (Wildman–Crippen MR) is 60.6 cm³/mol. The Morgan fingerprint density at radius 2 is 2.28 bits per heavy atom. The summed E-state index contributed by atoms with van der Waals surface area (Å²) in [5, 5.41) is 21.5. The first-order valence-corrected chi connectivity index (χ1v) is 6.89. The molecule has 1 aromatic rings. The van der Waals surface area contributed by atoms with Crippen LogP contribution >= 0.6 is 0 Å². The minimum Gasteiger partial charge on any atom is -0.476 e. The molecule has 1 saturated heterocycles. The van der Waals surface area contributed by atoms with Crippen molar-refractivity contribution in [2.45, 2.75) is 12.5 Å². The van der Waals surface area contributed by atoms with E-state index in [9.17, 15) is 13.2 Å². The second-order valence-electron chi connectivity index (χ2n) is 4.03. The first-order valence-electron chi connectivity index (χ1n) is 5.07. The van der Waals surface area contributed by atoms with Gasteiger partial charge in [-0.15, -0.1) is 0 Å². The molecule has 0 aliphatic carbocycles. The standard InChI is InChI=1S/C9H10N4O4S/c10-3-6-7(9(14)15)12-13(8(6)11)5-1-2-18(16,17)4-5/h5H,1-2,4,11H2,(H,14,15). The lowest BCUT2D eigenvalue weighted by Crippen LogP contribution is -2.15. The van der Waals surface area contributed by atoms with E-state index in [4.69, 9.17) is 16.1 Å². The van der Waals surface area contributed by atoms with Crippen LogP contribution in [0.1, 0.15) is 28.5 Å². The molecular formula is C9H10N4O4S. The maximum absolute atomic E-state index is 11.4. The number of sulfone groups is 1. The van der Waals surface area contributed by atoms with Crippen LogP contribution in [0, 0.1) is 11.3 Å². The van der Waals surface area contributed by atoms with Gasteiger partial charge in [-0.05, 0) is 6.42 Å². The van der Waals surface area contributed by atoms with Gasteiger partial charge in [0.15, 0.2) is 15.5 Å². The van der Waals surface area contributed by atoms with Gasteiger partial charge in [0.05, 0.1) is 17.5 Å². The number of hydrogen-bond acceptors (Lipinski definition) is 6. The van der Waals surface area contributed by atoms with Crippen LogP contribution in [0.2, 0.25) is 0 Å². The summed E-state index contributed by atoms with van der Waals surface area (Å²) in [6.45, 7) is 0. The average Bonchev–Trinajstić information content (AvgIpc) is 2.78. The van der Waals surface area contributed by atoms with E-state index in [1.165, 1.54) is 0 Å². The molecule has 1 unspecified atom stereocenters. The minimum atomic E-state index is -3.14. The number of anilines is 1. The Balaban J connectivity index is 2.48. The van der Waals surface area contributed by atoms with Crippen LogP contribution in [0.25, 0.3) is 0 Å². The Morgan fingerprint density at radius 3 is 2.67 bits per heavy atom. The van der Waals surface area contributed by atoms with Crippen molar-refractivity contribution in [2.75, 3.05) is 17.2 Å². The zero-order valence-corrected chi connectivity index (χ0v) is 10.0. The highest BCUT2D eigenvalue weighted by molar-refractivity contribution is 7.91. The lowest BCUT2D eigenvalue weighted by molar-refractivity contribution is 0.0689. The molecule has 0 amide bonds. The molecule has 2 heterocycles. The number of carboxylic acids is 1. The Labute approximate surface area is 103 Å². The van der Waals surface area contributed by atoms with E-state index in [-0.39, 0.29) is 22.9 Å². The number of nitriles is 1. The van der Waals surface area contributed by atoms with Crippen molar-refractivity contribution < 1.29 is 18.3 Å². The molecule has 1 atom stereocenters. The Morgan fingerprint density at radius 1 is 1.61 bits per heavy atom. The van der Waals surface area contributed by atoms with Crippen LogP contribution in [0.4, 0.5) is 5.82 Å². The highest BCUT2D eigenvalue weighted by Crippen LogP contribution is 2.28. The average molecular weight is 270 g/mol. The number of nitrogen functional groups attached to an aromatic ring is 1. The molecule has 1 aliphatic rings. The molecule has 1 aromatic heterocycles. The summed E-state index contributed by atoms with van der Waals surface area (Å²) in [4.78, 5) is 10.9. The van der Waals surface area contributed by atoms with Gasteiger partial charge in [-0.1, -0.05) is 0 Å². The van der Waals surface area contributed by atoms with Gasteiger partial charge in [-0.3, -0.25) is 0 Å². The summed E-state index contributed by atoms with van der Waals surface area (Å²) < 4.78 is 23.8. The fraction of sp³-hybridized carbons (Fsp3) is 0.444. The summed E-state index contributed by atoms with van der Waals surface area (Å²) in [5.74, 6) is -1.58. The van der Waals surface area contributed by atoms with E-state index in [2.05, 4.69) is 5.10 Å². The Bertz CT molecular complexity index is 655. The highest BCUT2D eigenvalue weighted by atomic mass is 32.2. The minimum absolute atomic E-state index is 0.0151. The molecule has 1 aliphatic heterocycles. The molecule has 0 radical (unpaired) electrons. The molecule has 18 heavy (non-hydrogen) atoms. The lowest BCUT2D eigenvalue weighted by Gasteiger charge is -2.09. The van der Waals surface area contributed by atoms with Gasteiger partial charge in [-0.25, -0.2) is 17.9 Å². The van der Waals surface area contributed by atoms with Crippen molar-refractivity contribution in [1.29, 1.82) is 5.26 Å². The zero-order chi connectivity index (χ0) is 13.5. The van der Waals surface area contributed by atoms with Crippen molar-refractivity contribution in [3.8, 4) is 6.07 Å². The van der Waals surface area contributed by atoms with E-state index < -0.39 is 27.5 Å². The summed E-state index contributed by atoms with van der Waals surface area (Å²) in [6, 6.07) is 1.17. The molecule has 0 saturated carbocycles. The van der Waals surface area contributed by atoms with Crippen LogP contribution in [-0.2, 0) is 9.84 Å². The van der Waals surface area contributed by atoms with Gasteiger partial charge in [0, 0.05) is 0 Å². The number of aromatic nitrogens is 2. The van der Waals surface area contributed by atoms with Gasteiger partial charge in [0.1, 0.15) is 17.5 Å². The van der Waals surface area contributed by atoms with Gasteiger partial charge >= 0.3 is 5.97 Å². The SMILES string of the molecule is N#Cc1c(C(=O)O)nn(C2CCS(=O)(=O)C2)c1N. The van der Waals surface area contributed by atoms with E-state index in [1.54, 1.807) is 6.07 Å². The van der Waals surface area contributed by atoms with Crippen LogP contribution in [-0.4, -0.2) is 40.8 Å². The van der Waals surface area contributed by atoms with E-state index in [0.717, 1.165) is 4.68 Å². The van der Waals surface area contributed by atoms with E-state index in [1.807, 2.05) is 0 Å². The molecule has 0 spiro atoms. The second kappa shape index (κ2) is 3.99. The van der Waals surface area contributed by atoms with Crippen molar-refractivity contribution in [1.82, 2.24) is 9.78 Å². The van der Waals surface area contributed by atoms with Crippen molar-refractivity contribution in [3.63, 3.8) is 0 Å². The van der Waals surface area contributed by atoms with Gasteiger partial charge in [0.25, 0.3) is 0 Å². The van der Waals surface area contributed by atoms with Crippen molar-refractivity contribution in [3.05, 3.63) is 11.3 Å². The number of aromatic carboxylic acids is 1. The van der Waals surface area contributed by atoms with Crippen molar-refractivity contribution in [2.24, 2.45) is 0 Å². The third-order valence-corrected chi connectivity index (χ3v) is 4.57. The fourth-order valence-corrected chi connectivity index (χ4v) is 3.65. The number of rotatable bonds is 2. The summed E-state index contributed by atoms with van der Waals surface area (Å²) in [7, 11) is -3.14. The molecular weight excluding hydrogens is 260 g/mol. The molecule has 2 rings (SSSR count). The van der Waals surface area contributed by atoms with Gasteiger partial charge in [-0.2, -0.15) is 10.4 Å². The summed E-state index contributed by atoms with van der Waals surface area (Å²) >= 11 is 0. The van der Waals surface area contributed by atoms with Crippen LogP contribution < -0.4 is 5.73 Å². The Kier molecular flexibility index (Phi) is 2.74. The third kappa shape index (κ3) is 1.91. The zero-order valence-electron chi connectivity index (χ0n) is 9.20. The smallest absolute Gasteiger partial charge is 0.357 e. The molecule has 96 valence electrons. The number of carbonyl (C=O) groups is 1. The van der Waals surface area contributed by atoms with Crippen LogP contribution in [0.15, 0.2) is 0 Å². The van der Waals surface area contributed by atoms with E-state index in [0.29, 0.717) is 6.42 Å². The summed E-state index contributed by atoms with van der Waals surface area (Å²) in [5.41, 5.74) is 4.97. The van der Waals surface area contributed by atoms with Crippen LogP contribution in [0.5, 0.6) is 0 Å². The molecule has 8 nitrogen and oxygen atoms in total. The number of carboxylic acid groups (broad SMARTS) is 1. The Hall–Kier alpha value is -2.08. The number of hydrogen-bond donors (Lipinski definition) is 2. The molecule has 0 aromatic carbocycles. The molecule has 1 fully saturated rings. The first kappa shape index (κ1) is 12.4. The highest BCUT2D eigenvalue weighted by Gasteiger charge is 2.33. The normalized spacial score (nSPS) is 21.6. The molecule has 3 N–H and O–H groups in total. The second-order valence-corrected chi connectivity index (χ2v) is 6.26. The molecule has 9 heteroatoms. The monoisotopic (exact) mass is 270 g/mol. The molecule has 0 bridgehead atoms. The van der Waals surface area contributed by atoms with Gasteiger partial charge < -0.3 is 10.8 Å². The maximum atomic E-state index is 11.4. The quantitative estimate of drug-likeness (QED) is 0.730. The first-order chi connectivity index (χ1) is 8.35.